The molecule has 0 radical (unpaired) electrons. The van der Waals surface area contributed by atoms with E-state index in [1.807, 2.05) is 32.2 Å². The SMILES string of the molecule is C[C@H](c1ccc2c(c1)OCCO2)N(C)C(=O)CCCn1nnnc1CN1CCOCC1. The molecule has 0 aliphatic carbocycles. The third kappa shape index (κ3) is 5.31. The van der Waals surface area contributed by atoms with Gasteiger partial charge in [0.2, 0.25) is 5.91 Å². The van der Waals surface area contributed by atoms with Gasteiger partial charge >= 0.3 is 0 Å². The molecule has 2 aromatic rings. The summed E-state index contributed by atoms with van der Waals surface area (Å²) in [6, 6.07) is 5.79. The van der Waals surface area contributed by atoms with E-state index in [-0.39, 0.29) is 11.9 Å². The molecule has 0 unspecified atom stereocenters. The zero-order valence-corrected chi connectivity index (χ0v) is 18.2. The molecule has 1 atom stereocenters. The molecular weight excluding hydrogens is 400 g/mol. The van der Waals surface area contributed by atoms with Crippen molar-refractivity contribution in [3.8, 4) is 11.5 Å². The van der Waals surface area contributed by atoms with Crippen LogP contribution in [-0.2, 0) is 22.6 Å². The predicted molar refractivity (Wildman–Crippen MR) is 112 cm³/mol. The summed E-state index contributed by atoms with van der Waals surface area (Å²) in [5.41, 5.74) is 1.02. The molecule has 4 rings (SSSR count). The maximum Gasteiger partial charge on any atom is 0.222 e. The first kappa shape index (κ1) is 21.5. The van der Waals surface area contributed by atoms with E-state index in [0.717, 1.165) is 49.2 Å². The van der Waals surface area contributed by atoms with Crippen molar-refractivity contribution < 1.29 is 19.0 Å². The molecule has 31 heavy (non-hydrogen) atoms. The summed E-state index contributed by atoms with van der Waals surface area (Å²) in [5.74, 6) is 2.41. The predicted octanol–water partition coefficient (Wildman–Crippen LogP) is 1.28. The molecule has 10 heteroatoms. The van der Waals surface area contributed by atoms with E-state index in [9.17, 15) is 4.79 Å². The van der Waals surface area contributed by atoms with E-state index in [2.05, 4.69) is 20.4 Å². The second-order valence-electron chi connectivity index (χ2n) is 7.89. The zero-order chi connectivity index (χ0) is 21.6. The van der Waals surface area contributed by atoms with Crippen LogP contribution < -0.4 is 9.47 Å². The van der Waals surface area contributed by atoms with Gasteiger partial charge < -0.3 is 19.1 Å². The molecule has 1 amide bonds. The van der Waals surface area contributed by atoms with Gasteiger partial charge in [0, 0.05) is 33.1 Å². The number of hydrogen-bond donors (Lipinski definition) is 0. The normalized spacial score (nSPS) is 17.4. The van der Waals surface area contributed by atoms with E-state index in [0.29, 0.717) is 39.1 Å². The fraction of sp³-hybridized carbons (Fsp3) is 0.619. The Balaban J connectivity index is 1.27. The van der Waals surface area contributed by atoms with Crippen LogP contribution in [0.15, 0.2) is 18.2 Å². The number of hydrogen-bond acceptors (Lipinski definition) is 8. The monoisotopic (exact) mass is 430 g/mol. The highest BCUT2D eigenvalue weighted by atomic mass is 16.6. The number of rotatable bonds is 8. The lowest BCUT2D eigenvalue weighted by atomic mass is 10.1. The van der Waals surface area contributed by atoms with E-state index in [1.54, 1.807) is 9.58 Å². The van der Waals surface area contributed by atoms with Crippen LogP contribution in [0.2, 0.25) is 0 Å². The number of aryl methyl sites for hydroxylation is 1. The van der Waals surface area contributed by atoms with E-state index in [4.69, 9.17) is 14.2 Å². The van der Waals surface area contributed by atoms with E-state index in [1.165, 1.54) is 0 Å². The minimum Gasteiger partial charge on any atom is -0.486 e. The van der Waals surface area contributed by atoms with Crippen molar-refractivity contribution in [1.29, 1.82) is 0 Å². The van der Waals surface area contributed by atoms with Gasteiger partial charge in [0.25, 0.3) is 0 Å². The average molecular weight is 431 g/mol. The largest absolute Gasteiger partial charge is 0.486 e. The summed E-state index contributed by atoms with van der Waals surface area (Å²) >= 11 is 0. The van der Waals surface area contributed by atoms with Crippen molar-refractivity contribution in [2.75, 3.05) is 46.6 Å². The van der Waals surface area contributed by atoms with Gasteiger partial charge in [0.15, 0.2) is 17.3 Å². The van der Waals surface area contributed by atoms with Gasteiger partial charge in [0.05, 0.1) is 25.8 Å². The topological polar surface area (TPSA) is 94.8 Å². The Morgan fingerprint density at radius 1 is 1.16 bits per heavy atom. The van der Waals surface area contributed by atoms with Crippen molar-refractivity contribution in [1.82, 2.24) is 30.0 Å². The number of tetrazole rings is 1. The molecule has 168 valence electrons. The first-order valence-corrected chi connectivity index (χ1v) is 10.8. The summed E-state index contributed by atoms with van der Waals surface area (Å²) in [7, 11) is 1.84. The molecule has 0 bridgehead atoms. The number of fused-ring (bicyclic) bond motifs is 1. The third-order valence-corrected chi connectivity index (χ3v) is 5.86. The minimum atomic E-state index is -0.0618. The van der Waals surface area contributed by atoms with Crippen LogP contribution in [-0.4, -0.2) is 82.5 Å². The zero-order valence-electron chi connectivity index (χ0n) is 18.2. The van der Waals surface area contributed by atoms with Crippen LogP contribution >= 0.6 is 0 Å². The second kappa shape index (κ2) is 10.1. The van der Waals surface area contributed by atoms with Gasteiger partial charge in [-0.15, -0.1) is 5.10 Å². The van der Waals surface area contributed by atoms with Crippen molar-refractivity contribution in [3.05, 3.63) is 29.6 Å². The van der Waals surface area contributed by atoms with Crippen LogP contribution in [0.3, 0.4) is 0 Å². The lowest BCUT2D eigenvalue weighted by Gasteiger charge is -2.27. The number of amides is 1. The van der Waals surface area contributed by atoms with Crippen LogP contribution in [0.5, 0.6) is 11.5 Å². The quantitative estimate of drug-likeness (QED) is 0.618. The molecule has 3 heterocycles. The number of carbonyl (C=O) groups excluding carboxylic acids is 1. The number of aromatic nitrogens is 4. The van der Waals surface area contributed by atoms with Gasteiger partial charge in [-0.05, 0) is 41.5 Å². The molecule has 1 saturated heterocycles. The standard InChI is InChI=1S/C21H30N6O4/c1-16(17-5-6-18-19(14-17)31-13-12-30-18)25(2)21(28)4-3-7-27-20(22-23-24-27)15-26-8-10-29-11-9-26/h5-6,14,16H,3-4,7-13,15H2,1-2H3/t16-/m1/s1. The summed E-state index contributed by atoms with van der Waals surface area (Å²) in [6.07, 6.45) is 1.11. The fourth-order valence-electron chi connectivity index (χ4n) is 3.79. The molecule has 0 N–H and O–H groups in total. The smallest absolute Gasteiger partial charge is 0.222 e. The Kier molecular flexibility index (Phi) is 6.98. The van der Waals surface area contributed by atoms with Crippen LogP contribution in [0.25, 0.3) is 0 Å². The molecule has 0 saturated carbocycles. The summed E-state index contributed by atoms with van der Waals surface area (Å²) in [6.45, 7) is 7.69. The molecule has 1 fully saturated rings. The Labute approximate surface area is 182 Å². The van der Waals surface area contributed by atoms with E-state index < -0.39 is 0 Å². The lowest BCUT2D eigenvalue weighted by molar-refractivity contribution is -0.132. The Hall–Kier alpha value is -2.72. The maximum atomic E-state index is 12.8. The van der Waals surface area contributed by atoms with Gasteiger partial charge in [-0.25, -0.2) is 4.68 Å². The number of benzene rings is 1. The Morgan fingerprint density at radius 2 is 1.94 bits per heavy atom. The second-order valence-corrected chi connectivity index (χ2v) is 7.89. The summed E-state index contributed by atoms with van der Waals surface area (Å²) in [5, 5.41) is 12.1. The van der Waals surface area contributed by atoms with Crippen molar-refractivity contribution >= 4 is 5.91 Å². The molecular formula is C21H30N6O4. The fourth-order valence-corrected chi connectivity index (χ4v) is 3.79. The summed E-state index contributed by atoms with van der Waals surface area (Å²) in [4.78, 5) is 16.8. The lowest BCUT2D eigenvalue weighted by Crippen LogP contribution is -2.36. The van der Waals surface area contributed by atoms with Crippen LogP contribution in [0.4, 0.5) is 0 Å². The number of nitrogens with zero attached hydrogens (tertiary/aromatic N) is 6. The van der Waals surface area contributed by atoms with Gasteiger partial charge in [0.1, 0.15) is 13.2 Å². The Morgan fingerprint density at radius 3 is 2.74 bits per heavy atom. The van der Waals surface area contributed by atoms with Gasteiger partial charge in [-0.1, -0.05) is 6.07 Å². The molecule has 1 aromatic carbocycles. The number of morpholine rings is 1. The highest BCUT2D eigenvalue weighted by Gasteiger charge is 2.21. The molecule has 0 spiro atoms. The highest BCUT2D eigenvalue weighted by molar-refractivity contribution is 5.76. The maximum absolute atomic E-state index is 12.8. The third-order valence-electron chi connectivity index (χ3n) is 5.86. The first-order chi connectivity index (χ1) is 15.1. The minimum absolute atomic E-state index is 0.0618. The van der Waals surface area contributed by atoms with Crippen LogP contribution in [0, 0.1) is 0 Å². The van der Waals surface area contributed by atoms with E-state index >= 15 is 0 Å². The van der Waals surface area contributed by atoms with Crippen molar-refractivity contribution in [3.63, 3.8) is 0 Å². The average Bonchev–Trinajstić information content (AvgIpc) is 3.25. The number of ether oxygens (including phenoxy) is 3. The molecule has 10 nitrogen and oxygen atoms in total. The summed E-state index contributed by atoms with van der Waals surface area (Å²) < 4.78 is 18.4. The Bertz CT molecular complexity index is 883. The van der Waals surface area contributed by atoms with Crippen molar-refractivity contribution in [2.24, 2.45) is 0 Å². The van der Waals surface area contributed by atoms with Crippen molar-refractivity contribution in [2.45, 2.75) is 38.9 Å². The van der Waals surface area contributed by atoms with Crippen LogP contribution in [0.1, 0.15) is 37.2 Å². The highest BCUT2D eigenvalue weighted by Crippen LogP contribution is 2.33. The molecule has 1 aromatic heterocycles. The molecule has 2 aliphatic rings. The number of carbonyl (C=O) groups is 1. The van der Waals surface area contributed by atoms with Gasteiger partial charge in [-0.3, -0.25) is 9.69 Å². The molecule has 2 aliphatic heterocycles. The first-order valence-electron chi connectivity index (χ1n) is 10.8. The van der Waals surface area contributed by atoms with Gasteiger partial charge in [-0.2, -0.15) is 0 Å².